The number of halogens is 2. The lowest BCUT2D eigenvalue weighted by atomic mass is 10.3. The Hall–Kier alpha value is -0.770. The summed E-state index contributed by atoms with van der Waals surface area (Å²) in [6, 6.07) is 7.05. The maximum Gasteiger partial charge on any atom is 0.272 e. The minimum Gasteiger partial charge on any atom is -0.488 e. The van der Waals surface area contributed by atoms with Gasteiger partial charge < -0.3 is 4.74 Å². The summed E-state index contributed by atoms with van der Waals surface area (Å²) in [5.41, 5.74) is 0. The number of thioether (sulfide) groups is 1. The average molecular weight is 204 g/mol. The first-order valence-corrected chi connectivity index (χ1v) is 5.00. The molecule has 0 atom stereocenters. The number of hydrogen-bond donors (Lipinski definition) is 0. The van der Waals surface area contributed by atoms with Gasteiger partial charge in [0.2, 0.25) is 0 Å². The van der Waals surface area contributed by atoms with Crippen LogP contribution in [-0.4, -0.2) is 19.3 Å². The Morgan fingerprint density at radius 1 is 1.31 bits per heavy atom. The molecule has 0 saturated heterocycles. The normalized spacial score (nSPS) is 10.5. The van der Waals surface area contributed by atoms with Crippen molar-refractivity contribution in [1.29, 1.82) is 0 Å². The Morgan fingerprint density at radius 2 is 1.92 bits per heavy atom. The van der Waals surface area contributed by atoms with Crippen molar-refractivity contribution in [2.45, 2.75) is 11.3 Å². The molecule has 0 radical (unpaired) electrons. The van der Waals surface area contributed by atoms with E-state index in [1.165, 1.54) is 0 Å². The molecule has 0 spiro atoms. The molecule has 0 bridgehead atoms. The summed E-state index contributed by atoms with van der Waals surface area (Å²) >= 11 is 1.60. The third kappa shape index (κ3) is 3.63. The van der Waals surface area contributed by atoms with Gasteiger partial charge in [-0.2, -0.15) is 0 Å². The van der Waals surface area contributed by atoms with Gasteiger partial charge in [0.05, 0.1) is 0 Å². The molecule has 0 aliphatic carbocycles. The topological polar surface area (TPSA) is 9.23 Å². The van der Waals surface area contributed by atoms with Gasteiger partial charge in [-0.15, -0.1) is 11.8 Å². The summed E-state index contributed by atoms with van der Waals surface area (Å²) < 4.78 is 28.3. The molecular formula is C9H10F2OS. The molecule has 72 valence electrons. The molecule has 0 amide bonds. The third-order valence-corrected chi connectivity index (χ3v) is 2.18. The van der Waals surface area contributed by atoms with Crippen LogP contribution in [-0.2, 0) is 0 Å². The van der Waals surface area contributed by atoms with Gasteiger partial charge in [0, 0.05) is 4.90 Å². The average Bonchev–Trinajstić information content (AvgIpc) is 2.15. The summed E-state index contributed by atoms with van der Waals surface area (Å²) in [4.78, 5) is 1.09. The third-order valence-electron chi connectivity index (χ3n) is 1.44. The van der Waals surface area contributed by atoms with E-state index >= 15 is 0 Å². The van der Waals surface area contributed by atoms with Crippen molar-refractivity contribution in [3.05, 3.63) is 24.3 Å². The SMILES string of the molecule is CSc1ccc(OCC(F)F)cc1. The predicted molar refractivity (Wildman–Crippen MR) is 49.7 cm³/mol. The van der Waals surface area contributed by atoms with Gasteiger partial charge in [-0.1, -0.05) is 0 Å². The van der Waals surface area contributed by atoms with Crippen LogP contribution in [0.15, 0.2) is 29.2 Å². The van der Waals surface area contributed by atoms with Crippen molar-refractivity contribution < 1.29 is 13.5 Å². The number of ether oxygens (including phenoxy) is 1. The number of benzene rings is 1. The van der Waals surface area contributed by atoms with Crippen LogP contribution in [0.25, 0.3) is 0 Å². The van der Waals surface area contributed by atoms with E-state index < -0.39 is 13.0 Å². The number of hydrogen-bond acceptors (Lipinski definition) is 2. The van der Waals surface area contributed by atoms with Crippen LogP contribution in [0.3, 0.4) is 0 Å². The van der Waals surface area contributed by atoms with Crippen LogP contribution >= 0.6 is 11.8 Å². The molecule has 1 nitrogen and oxygen atoms in total. The summed E-state index contributed by atoms with van der Waals surface area (Å²) in [7, 11) is 0. The van der Waals surface area contributed by atoms with Gasteiger partial charge in [-0.3, -0.25) is 0 Å². The van der Waals surface area contributed by atoms with E-state index in [1.807, 2.05) is 18.4 Å². The van der Waals surface area contributed by atoms with E-state index in [0.717, 1.165) is 4.90 Å². The zero-order chi connectivity index (χ0) is 9.68. The highest BCUT2D eigenvalue weighted by atomic mass is 32.2. The van der Waals surface area contributed by atoms with Crippen molar-refractivity contribution in [3.8, 4) is 5.75 Å². The summed E-state index contributed by atoms with van der Waals surface area (Å²) in [6.45, 7) is -0.543. The van der Waals surface area contributed by atoms with Gasteiger partial charge in [-0.25, -0.2) is 8.78 Å². The molecule has 0 aliphatic heterocycles. The highest BCUT2D eigenvalue weighted by Gasteiger charge is 2.02. The maximum atomic E-state index is 11.7. The van der Waals surface area contributed by atoms with Crippen LogP contribution in [0.1, 0.15) is 0 Å². The van der Waals surface area contributed by atoms with Crippen LogP contribution in [0.4, 0.5) is 8.78 Å². The molecule has 0 aromatic heterocycles. The molecule has 1 rings (SSSR count). The van der Waals surface area contributed by atoms with Crippen LogP contribution in [0, 0.1) is 0 Å². The summed E-state index contributed by atoms with van der Waals surface area (Å²) in [5, 5.41) is 0. The monoisotopic (exact) mass is 204 g/mol. The Balaban J connectivity index is 2.49. The van der Waals surface area contributed by atoms with Crippen LogP contribution < -0.4 is 4.74 Å². The Labute approximate surface area is 80.1 Å². The van der Waals surface area contributed by atoms with Crippen molar-refractivity contribution in [1.82, 2.24) is 0 Å². The molecule has 1 aromatic carbocycles. The molecule has 0 N–H and O–H groups in total. The molecule has 1 aromatic rings. The van der Waals surface area contributed by atoms with Gasteiger partial charge in [0.1, 0.15) is 12.4 Å². The van der Waals surface area contributed by atoms with Crippen LogP contribution in [0.5, 0.6) is 5.75 Å². The summed E-state index contributed by atoms with van der Waals surface area (Å²) in [6.07, 6.45) is -0.463. The lowest BCUT2D eigenvalue weighted by Crippen LogP contribution is -2.06. The predicted octanol–water partition coefficient (Wildman–Crippen LogP) is 3.05. The van der Waals surface area contributed by atoms with Gasteiger partial charge in [0.25, 0.3) is 6.43 Å². The molecule has 0 fully saturated rings. The van der Waals surface area contributed by atoms with E-state index in [-0.39, 0.29) is 0 Å². The van der Waals surface area contributed by atoms with Crippen molar-refractivity contribution >= 4 is 11.8 Å². The molecule has 0 aliphatic rings. The van der Waals surface area contributed by atoms with Crippen molar-refractivity contribution in [3.63, 3.8) is 0 Å². The molecule has 0 saturated carbocycles. The fourth-order valence-electron chi connectivity index (χ4n) is 0.831. The molecular weight excluding hydrogens is 194 g/mol. The minimum absolute atomic E-state index is 0.484. The van der Waals surface area contributed by atoms with Gasteiger partial charge in [0.15, 0.2) is 0 Å². The number of rotatable bonds is 4. The van der Waals surface area contributed by atoms with Crippen molar-refractivity contribution in [2.75, 3.05) is 12.9 Å². The van der Waals surface area contributed by atoms with Crippen LogP contribution in [0.2, 0.25) is 0 Å². The first-order valence-electron chi connectivity index (χ1n) is 3.77. The molecule has 13 heavy (non-hydrogen) atoms. The zero-order valence-electron chi connectivity index (χ0n) is 7.17. The fraction of sp³-hybridized carbons (Fsp3) is 0.333. The highest BCUT2D eigenvalue weighted by Crippen LogP contribution is 2.19. The lowest BCUT2D eigenvalue weighted by molar-refractivity contribution is 0.0819. The van der Waals surface area contributed by atoms with E-state index in [2.05, 4.69) is 0 Å². The van der Waals surface area contributed by atoms with E-state index in [4.69, 9.17) is 4.74 Å². The molecule has 0 unspecified atom stereocenters. The Kier molecular flexibility index (Phi) is 4.02. The van der Waals surface area contributed by atoms with E-state index in [9.17, 15) is 8.78 Å². The molecule has 0 heterocycles. The first kappa shape index (κ1) is 10.3. The lowest BCUT2D eigenvalue weighted by Gasteiger charge is -2.05. The zero-order valence-corrected chi connectivity index (χ0v) is 7.98. The van der Waals surface area contributed by atoms with E-state index in [0.29, 0.717) is 5.75 Å². The largest absolute Gasteiger partial charge is 0.488 e. The minimum atomic E-state index is -2.42. The maximum absolute atomic E-state index is 11.7. The summed E-state index contributed by atoms with van der Waals surface area (Å²) in [5.74, 6) is 0.484. The van der Waals surface area contributed by atoms with Crippen molar-refractivity contribution in [2.24, 2.45) is 0 Å². The van der Waals surface area contributed by atoms with Gasteiger partial charge >= 0.3 is 0 Å². The molecule has 4 heteroatoms. The first-order chi connectivity index (χ1) is 6.22. The van der Waals surface area contributed by atoms with Gasteiger partial charge in [-0.05, 0) is 30.5 Å². The smallest absolute Gasteiger partial charge is 0.272 e. The second-order valence-corrected chi connectivity index (χ2v) is 3.26. The Morgan fingerprint density at radius 3 is 2.38 bits per heavy atom. The highest BCUT2D eigenvalue weighted by molar-refractivity contribution is 7.98. The fourth-order valence-corrected chi connectivity index (χ4v) is 1.24. The quantitative estimate of drug-likeness (QED) is 0.697. The second kappa shape index (κ2) is 5.07. The standard InChI is InChI=1S/C9H10F2OS/c1-13-8-4-2-7(3-5-8)12-6-9(10)11/h2-5,9H,6H2,1H3. The number of alkyl halides is 2. The Bertz CT molecular complexity index is 248. The second-order valence-electron chi connectivity index (χ2n) is 2.38. The van der Waals surface area contributed by atoms with E-state index in [1.54, 1.807) is 23.9 Å².